The number of anilines is 6. The second-order valence-electron chi connectivity index (χ2n) is 28.3. The number of fused-ring (bicyclic) bond motifs is 12. The van der Waals surface area contributed by atoms with E-state index in [9.17, 15) is 0 Å². The van der Waals surface area contributed by atoms with Gasteiger partial charge in [0.2, 0.25) is 0 Å². The Bertz CT molecular complexity index is 3670. The van der Waals surface area contributed by atoms with Crippen LogP contribution in [-0.2, 0) is 37.9 Å². The lowest BCUT2D eigenvalue weighted by molar-refractivity contribution is 0.332. The first-order valence-electron chi connectivity index (χ1n) is 27.3. The van der Waals surface area contributed by atoms with Gasteiger partial charge in [0.25, 0.3) is 6.71 Å². The quantitative estimate of drug-likeness (QED) is 0.161. The fourth-order valence-electron chi connectivity index (χ4n) is 14.4. The van der Waals surface area contributed by atoms with Crippen molar-refractivity contribution in [2.45, 2.75) is 187 Å². The Morgan fingerprint density at radius 1 is 0.472 bits per heavy atom. The van der Waals surface area contributed by atoms with Gasteiger partial charge in [0.1, 0.15) is 11.2 Å². The summed E-state index contributed by atoms with van der Waals surface area (Å²) in [6.45, 7) is 39.1. The molecule has 0 atom stereocenters. The lowest BCUT2D eigenvalue weighted by atomic mass is 9.35. The minimum atomic E-state index is 0.0142. The molecule has 6 aromatic carbocycles. The minimum Gasteiger partial charge on any atom is -0.456 e. The Morgan fingerprint density at radius 3 is 1.57 bits per heavy atom. The van der Waals surface area contributed by atoms with Crippen LogP contribution >= 0.6 is 11.3 Å². The number of hydrogen-bond donors (Lipinski definition) is 0. The van der Waals surface area contributed by atoms with Crippen LogP contribution in [0.25, 0.3) is 32.0 Å². The van der Waals surface area contributed by atoms with Gasteiger partial charge in [-0.25, -0.2) is 0 Å². The largest absolute Gasteiger partial charge is 0.456 e. The molecule has 8 aromatic rings. The fraction of sp³-hybridized carbons (Fsp3) is 0.433. The number of nitrogens with zero attached hydrogens (tertiary/aromatic N) is 2. The predicted octanol–water partition coefficient (Wildman–Crippen LogP) is 17.5. The zero-order valence-corrected chi connectivity index (χ0v) is 47.0. The molecule has 0 spiro atoms. The van der Waals surface area contributed by atoms with E-state index in [0.717, 1.165) is 11.2 Å². The van der Waals surface area contributed by atoms with Crippen LogP contribution in [0.5, 0.6) is 0 Å². The summed E-state index contributed by atoms with van der Waals surface area (Å²) in [5, 5.41) is 3.73. The van der Waals surface area contributed by atoms with Crippen LogP contribution in [0, 0.1) is 6.92 Å². The summed E-state index contributed by atoms with van der Waals surface area (Å²) in [5.74, 6) is 0. The molecule has 0 saturated carbocycles. The van der Waals surface area contributed by atoms with Crippen LogP contribution in [0.4, 0.5) is 34.1 Å². The molecule has 2 aliphatic heterocycles. The van der Waals surface area contributed by atoms with Crippen molar-refractivity contribution in [2.75, 3.05) is 9.80 Å². The topological polar surface area (TPSA) is 19.6 Å². The van der Waals surface area contributed by atoms with Crippen molar-refractivity contribution in [3.63, 3.8) is 0 Å². The van der Waals surface area contributed by atoms with Crippen LogP contribution in [-0.4, -0.2) is 6.71 Å². The van der Waals surface area contributed by atoms with E-state index in [-0.39, 0.29) is 44.6 Å². The standard InChI is InChI=1S/C67H75BN2OS/c1-38-29-53-58-54(30-38)70(40-19-22-56-43(32-40)42-31-39(61(2,3)4)17-21-55(42)71-56)59-44-34-47-50(67(15,16)28-25-64(47,9)10)37-57(44)72-60(59)68(58)51-35-48-49(66(13,14)27-26-65(48,11)12)36-52(51)69(53)41-18-20-45-46(33-41)63(7,8)24-23-62(45,5)6/h17-22,29-37H,23-28H2,1-16H3. The number of aryl methyl sites for hydroxylation is 1. The smallest absolute Gasteiger partial charge is 0.264 e. The molecular weight excluding hydrogens is 892 g/mol. The summed E-state index contributed by atoms with van der Waals surface area (Å²) in [6, 6.07) is 37.2. The number of hydrogen-bond acceptors (Lipinski definition) is 4. The molecule has 368 valence electrons. The van der Waals surface area contributed by atoms with Crippen LogP contribution in [0.3, 0.4) is 0 Å². The molecular formula is C67H75BN2OS. The lowest BCUT2D eigenvalue weighted by Crippen LogP contribution is -2.61. The highest BCUT2D eigenvalue weighted by Gasteiger charge is 2.49. The number of rotatable bonds is 2. The minimum absolute atomic E-state index is 0.0142. The highest BCUT2D eigenvalue weighted by atomic mass is 32.1. The number of thiophene rings is 1. The third-order valence-electron chi connectivity index (χ3n) is 19.4. The van der Waals surface area contributed by atoms with Gasteiger partial charge in [0.05, 0.1) is 5.69 Å². The van der Waals surface area contributed by atoms with Crippen molar-refractivity contribution >= 4 is 99.9 Å². The van der Waals surface area contributed by atoms with E-state index in [4.69, 9.17) is 4.42 Å². The van der Waals surface area contributed by atoms with Gasteiger partial charge in [0, 0.05) is 54.1 Å². The molecule has 13 rings (SSSR count). The maximum Gasteiger partial charge on any atom is 0.264 e. The summed E-state index contributed by atoms with van der Waals surface area (Å²) in [4.78, 5) is 5.41. The van der Waals surface area contributed by atoms with Gasteiger partial charge in [-0.2, -0.15) is 0 Å². The van der Waals surface area contributed by atoms with E-state index >= 15 is 0 Å². The third kappa shape index (κ3) is 6.53. The van der Waals surface area contributed by atoms with Crippen LogP contribution in [0.15, 0.2) is 95.4 Å². The van der Waals surface area contributed by atoms with Gasteiger partial charge in [-0.1, -0.05) is 122 Å². The first kappa shape index (κ1) is 46.5. The molecule has 72 heavy (non-hydrogen) atoms. The van der Waals surface area contributed by atoms with Gasteiger partial charge in [-0.3, -0.25) is 0 Å². The number of furan rings is 1. The van der Waals surface area contributed by atoms with Crippen molar-refractivity contribution in [1.29, 1.82) is 0 Å². The zero-order valence-electron chi connectivity index (χ0n) is 46.2. The Morgan fingerprint density at radius 2 is 0.958 bits per heavy atom. The van der Waals surface area contributed by atoms with Gasteiger partial charge in [-0.05, 0) is 212 Å². The van der Waals surface area contributed by atoms with E-state index in [2.05, 4.69) is 223 Å². The maximum atomic E-state index is 6.67. The molecule has 0 amide bonds. The molecule has 0 unspecified atom stereocenters. The Kier molecular flexibility index (Phi) is 9.39. The highest BCUT2D eigenvalue weighted by molar-refractivity contribution is 7.33. The van der Waals surface area contributed by atoms with Gasteiger partial charge in [-0.15, -0.1) is 11.3 Å². The van der Waals surface area contributed by atoms with Gasteiger partial charge < -0.3 is 14.2 Å². The van der Waals surface area contributed by atoms with E-state index in [1.807, 2.05) is 0 Å². The summed E-state index contributed by atoms with van der Waals surface area (Å²) in [7, 11) is 0. The molecule has 0 N–H and O–H groups in total. The highest BCUT2D eigenvalue weighted by Crippen LogP contribution is 2.56. The fourth-order valence-corrected chi connectivity index (χ4v) is 15.7. The van der Waals surface area contributed by atoms with Crippen molar-refractivity contribution in [3.8, 4) is 0 Å². The average Bonchev–Trinajstić information content (AvgIpc) is 3.87. The molecule has 3 nitrogen and oxygen atoms in total. The molecule has 3 aliphatic carbocycles. The van der Waals surface area contributed by atoms with E-state index in [1.165, 1.54) is 154 Å². The average molecular weight is 967 g/mol. The van der Waals surface area contributed by atoms with Crippen LogP contribution in [0.1, 0.15) is 187 Å². The summed E-state index contributed by atoms with van der Waals surface area (Å²) in [6.07, 6.45) is 7.12. The molecule has 0 bridgehead atoms. The van der Waals surface area contributed by atoms with E-state index < -0.39 is 0 Å². The van der Waals surface area contributed by atoms with E-state index in [0.29, 0.717) is 0 Å². The SMILES string of the molecule is Cc1cc2c3c(c1)N(c1ccc4oc5ccc(C(C)(C)C)cc5c4c1)c1c(sc4cc5c(cc14)C(C)(C)CCC5(C)C)B3c1cc3c(cc1N2c1ccc2c(c1)C(C)(C)CCC2(C)C)C(C)(C)CCC3(C)C. The third-order valence-corrected chi connectivity index (χ3v) is 20.6. The summed E-state index contributed by atoms with van der Waals surface area (Å²) in [5.41, 5.74) is 24.6. The molecule has 0 radical (unpaired) electrons. The van der Waals surface area contributed by atoms with E-state index in [1.54, 1.807) is 0 Å². The monoisotopic (exact) mass is 967 g/mol. The first-order chi connectivity index (χ1) is 33.7. The maximum absolute atomic E-state index is 6.67. The molecule has 0 fully saturated rings. The summed E-state index contributed by atoms with van der Waals surface area (Å²) >= 11 is 2.06. The Balaban J connectivity index is 1.16. The molecule has 4 heterocycles. The molecule has 5 heteroatoms. The molecule has 0 saturated heterocycles. The predicted molar refractivity (Wildman–Crippen MR) is 312 cm³/mol. The van der Waals surface area contributed by atoms with Crippen molar-refractivity contribution in [1.82, 2.24) is 0 Å². The molecule has 2 aromatic heterocycles. The zero-order chi connectivity index (χ0) is 50.8. The Hall–Kier alpha value is -5.26. The van der Waals surface area contributed by atoms with Crippen molar-refractivity contribution < 1.29 is 4.42 Å². The van der Waals surface area contributed by atoms with Gasteiger partial charge >= 0.3 is 0 Å². The summed E-state index contributed by atoms with van der Waals surface area (Å²) < 4.78 is 9.52. The normalized spacial score (nSPS) is 20.5. The molecule has 5 aliphatic rings. The Labute approximate surface area is 434 Å². The second-order valence-corrected chi connectivity index (χ2v) is 29.3. The van der Waals surface area contributed by atoms with Crippen LogP contribution < -0.4 is 25.5 Å². The van der Waals surface area contributed by atoms with Gasteiger partial charge in [0.15, 0.2) is 0 Å². The first-order valence-corrected chi connectivity index (χ1v) is 28.1. The number of benzene rings is 6. The van der Waals surface area contributed by atoms with Crippen molar-refractivity contribution in [2.24, 2.45) is 0 Å². The lowest BCUT2D eigenvalue weighted by Gasteiger charge is -2.47. The van der Waals surface area contributed by atoms with Crippen LogP contribution in [0.2, 0.25) is 0 Å². The van der Waals surface area contributed by atoms with Crippen molar-refractivity contribution in [3.05, 3.63) is 136 Å². The second kappa shape index (κ2) is 14.5.